The average molecular weight is 562 g/mol. The molecule has 2 aromatic carbocycles. The molecular formula is C25H22BrF6NO2. The number of aryl methyl sites for hydroxylation is 1. The summed E-state index contributed by atoms with van der Waals surface area (Å²) in [5, 5.41) is 1.83. The summed E-state index contributed by atoms with van der Waals surface area (Å²) in [5.74, 6) is -3.07. The zero-order valence-electron chi connectivity index (χ0n) is 18.6. The molecule has 3 rings (SSSR count). The Hall–Kier alpha value is -2.62. The van der Waals surface area contributed by atoms with E-state index in [0.29, 0.717) is 28.4 Å². The van der Waals surface area contributed by atoms with Crippen LogP contribution < -0.4 is 5.32 Å². The Kier molecular flexibility index (Phi) is 7.83. The van der Waals surface area contributed by atoms with Crippen molar-refractivity contribution in [2.24, 2.45) is 5.41 Å². The number of amides is 1. The second-order valence-electron chi connectivity index (χ2n) is 8.71. The van der Waals surface area contributed by atoms with Gasteiger partial charge in [0.1, 0.15) is 6.54 Å². The number of rotatable bonds is 8. The predicted octanol–water partition coefficient (Wildman–Crippen LogP) is 7.15. The van der Waals surface area contributed by atoms with Crippen LogP contribution in [0.1, 0.15) is 52.2 Å². The topological polar surface area (TPSA) is 46.2 Å². The number of carbonyl (C=O) groups is 2. The molecule has 0 heterocycles. The van der Waals surface area contributed by atoms with Crippen molar-refractivity contribution >= 4 is 33.7 Å². The van der Waals surface area contributed by atoms with Crippen LogP contribution in [0.3, 0.4) is 0 Å². The minimum atomic E-state index is -4.55. The van der Waals surface area contributed by atoms with E-state index in [1.807, 2.05) is 5.32 Å². The molecule has 1 fully saturated rings. The SMILES string of the molecule is Cc1cccc(C(/C=C/c2ccc(C(=O)CC3(C(=O)NCC(F)(F)F)CC3)c(Br)c2)C(F)(F)F)c1. The third kappa shape index (κ3) is 7.19. The Balaban J connectivity index is 1.73. The highest BCUT2D eigenvalue weighted by molar-refractivity contribution is 9.10. The van der Waals surface area contributed by atoms with Crippen molar-refractivity contribution in [2.45, 2.75) is 44.5 Å². The average Bonchev–Trinajstić information content (AvgIpc) is 3.51. The Labute approximate surface area is 206 Å². The highest BCUT2D eigenvalue weighted by Gasteiger charge is 2.51. The minimum Gasteiger partial charge on any atom is -0.346 e. The number of ketones is 1. The first-order valence-electron chi connectivity index (χ1n) is 10.7. The van der Waals surface area contributed by atoms with Gasteiger partial charge in [-0.3, -0.25) is 9.59 Å². The zero-order chi connectivity index (χ0) is 26.0. The maximum atomic E-state index is 13.6. The van der Waals surface area contributed by atoms with Gasteiger partial charge in [-0.15, -0.1) is 0 Å². The van der Waals surface area contributed by atoms with Crippen LogP contribution in [0.25, 0.3) is 6.08 Å². The lowest BCUT2D eigenvalue weighted by atomic mass is 9.93. The molecule has 0 spiro atoms. The van der Waals surface area contributed by atoms with E-state index >= 15 is 0 Å². The number of allylic oxidation sites excluding steroid dienone is 1. The van der Waals surface area contributed by atoms with Gasteiger partial charge in [0, 0.05) is 16.5 Å². The van der Waals surface area contributed by atoms with Gasteiger partial charge in [0.2, 0.25) is 5.91 Å². The largest absolute Gasteiger partial charge is 0.405 e. The van der Waals surface area contributed by atoms with Crippen LogP contribution in [0.5, 0.6) is 0 Å². The summed E-state index contributed by atoms with van der Waals surface area (Å²) in [5.41, 5.74) is 0.269. The molecule has 1 N–H and O–H groups in total. The molecule has 0 aromatic heterocycles. The maximum Gasteiger partial charge on any atom is 0.405 e. The summed E-state index contributed by atoms with van der Waals surface area (Å²) < 4.78 is 78.4. The number of hydrogen-bond acceptors (Lipinski definition) is 2. The van der Waals surface area contributed by atoms with Crippen molar-refractivity contribution in [2.75, 3.05) is 6.54 Å². The van der Waals surface area contributed by atoms with E-state index in [0.717, 1.165) is 6.08 Å². The van der Waals surface area contributed by atoms with Gasteiger partial charge in [0.15, 0.2) is 5.78 Å². The quantitative estimate of drug-likeness (QED) is 0.275. The van der Waals surface area contributed by atoms with Crippen molar-refractivity contribution in [3.05, 3.63) is 75.3 Å². The molecule has 1 aliphatic carbocycles. The number of hydrogen-bond donors (Lipinski definition) is 1. The molecule has 35 heavy (non-hydrogen) atoms. The number of carbonyl (C=O) groups excluding carboxylic acids is 2. The number of halogens is 7. The van der Waals surface area contributed by atoms with E-state index in [-0.39, 0.29) is 17.5 Å². The second kappa shape index (κ2) is 10.2. The Bertz CT molecular complexity index is 1140. The molecule has 3 nitrogen and oxygen atoms in total. The highest BCUT2D eigenvalue weighted by atomic mass is 79.9. The van der Waals surface area contributed by atoms with Crippen LogP contribution in [0.15, 0.2) is 53.0 Å². The fraction of sp³-hybridized carbons (Fsp3) is 0.360. The molecule has 1 aliphatic rings. The maximum absolute atomic E-state index is 13.6. The second-order valence-corrected chi connectivity index (χ2v) is 9.56. The van der Waals surface area contributed by atoms with Crippen molar-refractivity contribution in [3.8, 4) is 0 Å². The van der Waals surface area contributed by atoms with E-state index in [9.17, 15) is 35.9 Å². The predicted molar refractivity (Wildman–Crippen MR) is 123 cm³/mol. The smallest absolute Gasteiger partial charge is 0.346 e. The van der Waals surface area contributed by atoms with Crippen molar-refractivity contribution in [1.29, 1.82) is 0 Å². The lowest BCUT2D eigenvalue weighted by Crippen LogP contribution is -2.39. The van der Waals surface area contributed by atoms with Gasteiger partial charge in [0.25, 0.3) is 0 Å². The fourth-order valence-electron chi connectivity index (χ4n) is 3.75. The van der Waals surface area contributed by atoms with Gasteiger partial charge in [-0.2, -0.15) is 26.3 Å². The van der Waals surface area contributed by atoms with Crippen LogP contribution in [0.2, 0.25) is 0 Å². The summed E-state index contributed by atoms with van der Waals surface area (Å²) >= 11 is 3.24. The minimum absolute atomic E-state index is 0.109. The zero-order valence-corrected chi connectivity index (χ0v) is 20.2. The van der Waals surface area contributed by atoms with Crippen LogP contribution in [0, 0.1) is 12.3 Å². The Morgan fingerprint density at radius 1 is 1.09 bits per heavy atom. The van der Waals surface area contributed by atoms with E-state index < -0.39 is 41.9 Å². The lowest BCUT2D eigenvalue weighted by molar-refractivity contribution is -0.141. The normalized spacial score (nSPS) is 16.2. The van der Waals surface area contributed by atoms with Crippen LogP contribution in [-0.4, -0.2) is 30.6 Å². The third-order valence-corrected chi connectivity index (χ3v) is 6.47. The van der Waals surface area contributed by atoms with Gasteiger partial charge in [0.05, 0.1) is 11.3 Å². The van der Waals surface area contributed by atoms with Crippen molar-refractivity contribution in [1.82, 2.24) is 5.32 Å². The number of benzene rings is 2. The first-order chi connectivity index (χ1) is 16.2. The first-order valence-corrected chi connectivity index (χ1v) is 11.5. The fourth-order valence-corrected chi connectivity index (χ4v) is 4.36. The highest BCUT2D eigenvalue weighted by Crippen LogP contribution is 2.50. The van der Waals surface area contributed by atoms with Gasteiger partial charge < -0.3 is 5.32 Å². The Morgan fingerprint density at radius 2 is 1.77 bits per heavy atom. The molecule has 1 amide bonds. The van der Waals surface area contributed by atoms with Crippen molar-refractivity contribution in [3.63, 3.8) is 0 Å². The van der Waals surface area contributed by atoms with E-state index in [1.165, 1.54) is 36.4 Å². The van der Waals surface area contributed by atoms with E-state index in [4.69, 9.17) is 0 Å². The molecule has 10 heteroatoms. The monoisotopic (exact) mass is 561 g/mol. The van der Waals surface area contributed by atoms with Gasteiger partial charge in [-0.1, -0.05) is 64.0 Å². The van der Waals surface area contributed by atoms with Crippen LogP contribution >= 0.6 is 15.9 Å². The molecule has 0 radical (unpaired) electrons. The number of alkyl halides is 6. The van der Waals surface area contributed by atoms with Gasteiger partial charge >= 0.3 is 12.4 Å². The summed E-state index contributed by atoms with van der Waals surface area (Å²) in [4.78, 5) is 24.9. The summed E-state index contributed by atoms with van der Waals surface area (Å²) in [6.45, 7) is 0.243. The molecule has 0 aliphatic heterocycles. The summed E-state index contributed by atoms with van der Waals surface area (Å²) in [6.07, 6.45) is -6.34. The van der Waals surface area contributed by atoms with Crippen molar-refractivity contribution < 1.29 is 35.9 Å². The molecule has 2 aromatic rings. The van der Waals surface area contributed by atoms with Gasteiger partial charge in [-0.25, -0.2) is 0 Å². The van der Waals surface area contributed by atoms with E-state index in [1.54, 1.807) is 19.1 Å². The Morgan fingerprint density at radius 3 is 2.31 bits per heavy atom. The van der Waals surface area contributed by atoms with E-state index in [2.05, 4.69) is 15.9 Å². The molecule has 1 saturated carbocycles. The summed E-state index contributed by atoms with van der Waals surface area (Å²) in [7, 11) is 0. The standard InChI is InChI=1S/C25H22BrF6NO2/c1-15-3-2-4-17(11-15)19(25(30,31)32)8-6-16-5-7-18(20(26)12-16)21(34)13-23(9-10-23)22(35)33-14-24(27,28)29/h2-8,11-12,19H,9-10,13-14H2,1H3,(H,33,35)/b8-6+. The molecular weight excluding hydrogens is 540 g/mol. The molecule has 0 saturated heterocycles. The molecule has 0 bridgehead atoms. The molecule has 1 unspecified atom stereocenters. The number of Topliss-reactive ketones (excluding diaryl/α,β-unsaturated/α-hetero) is 1. The van der Waals surface area contributed by atoms with Gasteiger partial charge in [-0.05, 0) is 43.0 Å². The van der Waals surface area contributed by atoms with Crippen LogP contribution in [-0.2, 0) is 4.79 Å². The summed E-state index contributed by atoms with van der Waals surface area (Å²) in [6, 6.07) is 10.5. The van der Waals surface area contributed by atoms with Crippen LogP contribution in [0.4, 0.5) is 26.3 Å². The molecule has 1 atom stereocenters. The first kappa shape index (κ1) is 27.0. The lowest BCUT2D eigenvalue weighted by Gasteiger charge is -2.18. The third-order valence-electron chi connectivity index (χ3n) is 5.81. The molecule has 188 valence electrons. The number of nitrogens with one attached hydrogen (secondary N) is 1.